The number of carbonyl (C=O) groups is 1. The molecule has 102 valence electrons. The number of rotatable bonds is 5. The summed E-state index contributed by atoms with van der Waals surface area (Å²) < 4.78 is 0. The number of hydrogen-bond donors (Lipinski definition) is 2. The Morgan fingerprint density at radius 3 is 2.47 bits per heavy atom. The van der Waals surface area contributed by atoms with Gasteiger partial charge in [-0.2, -0.15) is 5.26 Å². The Balaban J connectivity index is 2.58. The van der Waals surface area contributed by atoms with Gasteiger partial charge in [-0.1, -0.05) is 0 Å². The van der Waals surface area contributed by atoms with Crippen LogP contribution in [0.3, 0.4) is 0 Å². The predicted octanol–water partition coefficient (Wildman–Crippen LogP) is 0.601. The van der Waals surface area contributed by atoms with Crippen molar-refractivity contribution in [1.29, 1.82) is 5.26 Å². The van der Waals surface area contributed by atoms with E-state index in [4.69, 9.17) is 5.26 Å². The van der Waals surface area contributed by atoms with Crippen LogP contribution in [0.5, 0.6) is 0 Å². The summed E-state index contributed by atoms with van der Waals surface area (Å²) >= 11 is 0. The summed E-state index contributed by atoms with van der Waals surface area (Å²) in [6, 6.07) is 8.36. The highest BCUT2D eigenvalue weighted by atomic mass is 16.3. The first kappa shape index (κ1) is 15.2. The highest BCUT2D eigenvalue weighted by Gasteiger charge is 2.22. The van der Waals surface area contributed by atoms with E-state index >= 15 is 0 Å². The molecule has 0 heterocycles. The molecule has 1 aromatic carbocycles. The van der Waals surface area contributed by atoms with E-state index in [0.29, 0.717) is 17.7 Å². The Bertz CT molecular complexity index is 472. The maximum absolute atomic E-state index is 11.9. The molecule has 1 aromatic rings. The number of nitriles is 1. The minimum atomic E-state index is -0.980. The molecule has 0 spiro atoms. The van der Waals surface area contributed by atoms with E-state index < -0.39 is 5.60 Å². The molecule has 0 saturated heterocycles. The summed E-state index contributed by atoms with van der Waals surface area (Å²) in [5, 5.41) is 21.4. The van der Waals surface area contributed by atoms with Crippen LogP contribution in [0.2, 0.25) is 0 Å². The number of amides is 1. The van der Waals surface area contributed by atoms with Crippen LogP contribution >= 0.6 is 0 Å². The number of nitrogens with one attached hydrogen (secondary N) is 1. The first-order chi connectivity index (χ1) is 8.84. The smallest absolute Gasteiger partial charge is 0.251 e. The molecule has 5 nitrogen and oxygen atoms in total. The van der Waals surface area contributed by atoms with Crippen molar-refractivity contribution in [3.05, 3.63) is 35.4 Å². The van der Waals surface area contributed by atoms with Crippen molar-refractivity contribution < 1.29 is 9.90 Å². The Morgan fingerprint density at radius 2 is 2.00 bits per heavy atom. The van der Waals surface area contributed by atoms with Crippen molar-refractivity contribution in [1.82, 2.24) is 10.2 Å². The standard InChI is InChI=1S/C14H19N3O2/c1-14(19,10-17(2)3)9-16-13(18)12-6-4-11(8-15)5-7-12/h4-7,19H,9-10H2,1-3H3,(H,16,18). The van der Waals surface area contributed by atoms with Crippen LogP contribution < -0.4 is 5.32 Å². The predicted molar refractivity (Wildman–Crippen MR) is 72.7 cm³/mol. The molecule has 1 atom stereocenters. The minimum absolute atomic E-state index is 0.171. The number of hydrogen-bond acceptors (Lipinski definition) is 4. The summed E-state index contributed by atoms with van der Waals surface area (Å²) in [5.41, 5.74) is 0.00183. The first-order valence-electron chi connectivity index (χ1n) is 5.99. The molecule has 19 heavy (non-hydrogen) atoms. The van der Waals surface area contributed by atoms with Gasteiger partial charge in [0.1, 0.15) is 0 Å². The van der Waals surface area contributed by atoms with Gasteiger partial charge in [0.2, 0.25) is 0 Å². The zero-order chi connectivity index (χ0) is 14.5. The number of likely N-dealkylation sites (N-methyl/N-ethyl adjacent to an activating group) is 1. The average Bonchev–Trinajstić information content (AvgIpc) is 2.34. The second-order valence-electron chi connectivity index (χ2n) is 5.11. The quantitative estimate of drug-likeness (QED) is 0.814. The average molecular weight is 261 g/mol. The van der Waals surface area contributed by atoms with E-state index in [2.05, 4.69) is 5.32 Å². The van der Waals surface area contributed by atoms with Gasteiger partial charge in [0.25, 0.3) is 5.91 Å². The second kappa shape index (κ2) is 6.32. The van der Waals surface area contributed by atoms with Crippen molar-refractivity contribution in [3.8, 4) is 6.07 Å². The number of aliphatic hydroxyl groups is 1. The number of nitrogens with zero attached hydrogens (tertiary/aromatic N) is 2. The molecule has 0 fully saturated rings. The largest absolute Gasteiger partial charge is 0.387 e. The monoisotopic (exact) mass is 261 g/mol. The molecule has 0 aliphatic rings. The summed E-state index contributed by atoms with van der Waals surface area (Å²) in [5.74, 6) is -0.261. The lowest BCUT2D eigenvalue weighted by atomic mass is 10.1. The molecular weight excluding hydrogens is 242 g/mol. The van der Waals surface area contributed by atoms with Crippen molar-refractivity contribution in [2.24, 2.45) is 0 Å². The van der Waals surface area contributed by atoms with Crippen molar-refractivity contribution in [2.45, 2.75) is 12.5 Å². The SMILES string of the molecule is CN(C)CC(C)(O)CNC(=O)c1ccc(C#N)cc1. The van der Waals surface area contributed by atoms with E-state index in [1.807, 2.05) is 25.1 Å². The molecule has 0 aliphatic carbocycles. The number of carbonyl (C=O) groups excluding carboxylic acids is 1. The second-order valence-corrected chi connectivity index (χ2v) is 5.11. The van der Waals surface area contributed by atoms with Crippen LogP contribution in [0.15, 0.2) is 24.3 Å². The topological polar surface area (TPSA) is 76.4 Å². The van der Waals surface area contributed by atoms with Crippen LogP contribution in [-0.2, 0) is 0 Å². The van der Waals surface area contributed by atoms with Crippen molar-refractivity contribution in [2.75, 3.05) is 27.2 Å². The lowest BCUT2D eigenvalue weighted by Crippen LogP contribution is -2.47. The van der Waals surface area contributed by atoms with Crippen LogP contribution in [0, 0.1) is 11.3 Å². The van der Waals surface area contributed by atoms with Crippen LogP contribution in [0.1, 0.15) is 22.8 Å². The Morgan fingerprint density at radius 1 is 1.42 bits per heavy atom. The lowest BCUT2D eigenvalue weighted by Gasteiger charge is -2.27. The fourth-order valence-electron chi connectivity index (χ4n) is 1.81. The van der Waals surface area contributed by atoms with Crippen molar-refractivity contribution in [3.63, 3.8) is 0 Å². The fourth-order valence-corrected chi connectivity index (χ4v) is 1.81. The summed E-state index contributed by atoms with van der Waals surface area (Å²) in [7, 11) is 3.72. The van der Waals surface area contributed by atoms with Crippen LogP contribution in [0.25, 0.3) is 0 Å². The maximum atomic E-state index is 11.9. The number of benzene rings is 1. The summed E-state index contributed by atoms with van der Waals surface area (Å²) in [4.78, 5) is 13.7. The minimum Gasteiger partial charge on any atom is -0.387 e. The fraction of sp³-hybridized carbons (Fsp3) is 0.429. The zero-order valence-electron chi connectivity index (χ0n) is 11.5. The maximum Gasteiger partial charge on any atom is 0.251 e. The molecule has 0 radical (unpaired) electrons. The zero-order valence-corrected chi connectivity index (χ0v) is 11.5. The highest BCUT2D eigenvalue weighted by Crippen LogP contribution is 2.06. The van der Waals surface area contributed by atoms with Gasteiger partial charge in [-0.05, 0) is 45.3 Å². The summed E-state index contributed by atoms with van der Waals surface area (Å²) in [6.07, 6.45) is 0. The molecule has 0 saturated carbocycles. The van der Waals surface area contributed by atoms with Gasteiger partial charge in [0.05, 0.1) is 17.2 Å². The molecule has 0 aliphatic heterocycles. The third-order valence-corrected chi connectivity index (χ3v) is 2.56. The van der Waals surface area contributed by atoms with Gasteiger partial charge in [0.15, 0.2) is 0 Å². The van der Waals surface area contributed by atoms with Gasteiger partial charge in [-0.25, -0.2) is 0 Å². The molecule has 1 amide bonds. The summed E-state index contributed by atoms with van der Waals surface area (Å²) in [6.45, 7) is 2.30. The van der Waals surface area contributed by atoms with E-state index in [9.17, 15) is 9.90 Å². The van der Waals surface area contributed by atoms with E-state index in [1.165, 1.54) is 0 Å². The van der Waals surface area contributed by atoms with Gasteiger partial charge in [-0.3, -0.25) is 4.79 Å². The first-order valence-corrected chi connectivity index (χ1v) is 5.99. The van der Waals surface area contributed by atoms with Gasteiger partial charge >= 0.3 is 0 Å². The van der Waals surface area contributed by atoms with Crippen LogP contribution in [0.4, 0.5) is 0 Å². The third-order valence-electron chi connectivity index (χ3n) is 2.56. The van der Waals surface area contributed by atoms with Crippen LogP contribution in [-0.4, -0.2) is 48.7 Å². The van der Waals surface area contributed by atoms with E-state index in [-0.39, 0.29) is 12.5 Å². The highest BCUT2D eigenvalue weighted by molar-refractivity contribution is 5.94. The molecular formula is C14H19N3O2. The molecule has 0 bridgehead atoms. The molecule has 1 rings (SSSR count). The van der Waals surface area contributed by atoms with E-state index in [0.717, 1.165) is 0 Å². The molecule has 0 aromatic heterocycles. The van der Waals surface area contributed by atoms with Gasteiger partial charge in [-0.15, -0.1) is 0 Å². The Kier molecular flexibility index (Phi) is 5.04. The molecule has 2 N–H and O–H groups in total. The molecule has 1 unspecified atom stereocenters. The molecule has 5 heteroatoms. The third kappa shape index (κ3) is 5.08. The van der Waals surface area contributed by atoms with Gasteiger partial charge < -0.3 is 15.3 Å². The Labute approximate surface area is 113 Å². The Hall–Kier alpha value is -1.90. The van der Waals surface area contributed by atoms with Crippen molar-refractivity contribution >= 4 is 5.91 Å². The van der Waals surface area contributed by atoms with E-state index in [1.54, 1.807) is 31.2 Å². The lowest BCUT2D eigenvalue weighted by molar-refractivity contribution is 0.0326. The van der Waals surface area contributed by atoms with Gasteiger partial charge in [0, 0.05) is 18.7 Å². The normalized spacial score (nSPS) is 13.7.